The second-order valence-electron chi connectivity index (χ2n) is 4.36. The van der Waals surface area contributed by atoms with Crippen molar-refractivity contribution in [2.24, 2.45) is 0 Å². The van der Waals surface area contributed by atoms with Crippen LogP contribution in [0.1, 0.15) is 11.3 Å². The molecular weight excluding hydrogens is 226 g/mol. The largest absolute Gasteiger partial charge is 0.307 e. The Morgan fingerprint density at radius 2 is 1.89 bits per heavy atom. The lowest BCUT2D eigenvalue weighted by Crippen LogP contribution is -2.09. The Kier molecular flexibility index (Phi) is 2.30. The van der Waals surface area contributed by atoms with Gasteiger partial charge in [0, 0.05) is 17.2 Å². The van der Waals surface area contributed by atoms with Gasteiger partial charge < -0.3 is 4.98 Å². The lowest BCUT2D eigenvalue weighted by Gasteiger charge is -2.04. The molecule has 0 amide bonds. The van der Waals surface area contributed by atoms with E-state index in [-0.39, 0.29) is 5.56 Å². The summed E-state index contributed by atoms with van der Waals surface area (Å²) < 4.78 is 1.79. The van der Waals surface area contributed by atoms with Crippen LogP contribution in [0.25, 0.3) is 16.9 Å². The highest BCUT2D eigenvalue weighted by molar-refractivity contribution is 5.64. The van der Waals surface area contributed by atoms with E-state index in [2.05, 4.69) is 10.1 Å². The molecule has 1 N–H and O–H groups in total. The van der Waals surface area contributed by atoms with E-state index in [1.54, 1.807) is 10.6 Å². The molecule has 2 aromatic heterocycles. The number of benzene rings is 1. The van der Waals surface area contributed by atoms with E-state index in [9.17, 15) is 4.79 Å². The molecule has 2 heterocycles. The first kappa shape index (κ1) is 10.8. The van der Waals surface area contributed by atoms with Crippen LogP contribution < -0.4 is 5.56 Å². The summed E-state index contributed by atoms with van der Waals surface area (Å²) in [5, 5.41) is 4.48. The number of aromatic amines is 1. The maximum Gasteiger partial charge on any atom is 0.251 e. The first-order valence-electron chi connectivity index (χ1n) is 5.81. The molecule has 0 spiro atoms. The van der Waals surface area contributed by atoms with Crippen LogP contribution in [0.15, 0.2) is 41.2 Å². The van der Waals surface area contributed by atoms with E-state index in [4.69, 9.17) is 0 Å². The quantitative estimate of drug-likeness (QED) is 0.708. The summed E-state index contributed by atoms with van der Waals surface area (Å²) in [5.41, 5.74) is 4.38. The predicted molar refractivity (Wildman–Crippen MR) is 70.7 cm³/mol. The van der Waals surface area contributed by atoms with Gasteiger partial charge in [-0.05, 0) is 13.8 Å². The zero-order chi connectivity index (χ0) is 12.7. The van der Waals surface area contributed by atoms with Gasteiger partial charge in [0.2, 0.25) is 0 Å². The minimum Gasteiger partial charge on any atom is -0.307 e. The third kappa shape index (κ3) is 1.54. The molecule has 0 aliphatic carbocycles. The number of hydrogen-bond acceptors (Lipinski definition) is 2. The molecule has 0 fully saturated rings. The number of rotatable bonds is 1. The van der Waals surface area contributed by atoms with E-state index in [1.807, 2.05) is 44.2 Å². The van der Waals surface area contributed by atoms with Crippen molar-refractivity contribution in [1.29, 1.82) is 0 Å². The zero-order valence-corrected chi connectivity index (χ0v) is 10.3. The Labute approximate surface area is 104 Å². The number of aryl methyl sites for hydroxylation is 2. The molecule has 0 bridgehead atoms. The lowest BCUT2D eigenvalue weighted by molar-refractivity contribution is 0.918. The first-order valence-corrected chi connectivity index (χ1v) is 5.81. The van der Waals surface area contributed by atoms with Gasteiger partial charge >= 0.3 is 0 Å². The van der Waals surface area contributed by atoms with Crippen molar-refractivity contribution >= 4 is 5.65 Å². The van der Waals surface area contributed by atoms with E-state index in [1.165, 1.54) is 0 Å². The summed E-state index contributed by atoms with van der Waals surface area (Å²) in [6.45, 7) is 3.90. The van der Waals surface area contributed by atoms with Gasteiger partial charge in [0.05, 0.1) is 11.4 Å². The molecule has 0 radical (unpaired) electrons. The molecule has 0 aliphatic rings. The molecule has 0 saturated heterocycles. The van der Waals surface area contributed by atoms with Crippen LogP contribution in [0.3, 0.4) is 0 Å². The number of H-pyrrole nitrogens is 1. The fourth-order valence-electron chi connectivity index (χ4n) is 2.08. The van der Waals surface area contributed by atoms with Gasteiger partial charge in [0.15, 0.2) is 0 Å². The Hall–Kier alpha value is -2.36. The minimum absolute atomic E-state index is 0.107. The molecule has 3 aromatic rings. The van der Waals surface area contributed by atoms with Gasteiger partial charge in [-0.15, -0.1) is 0 Å². The fourth-order valence-corrected chi connectivity index (χ4v) is 2.08. The second-order valence-corrected chi connectivity index (χ2v) is 4.36. The summed E-state index contributed by atoms with van der Waals surface area (Å²) in [7, 11) is 0. The van der Waals surface area contributed by atoms with Crippen LogP contribution in [0.5, 0.6) is 0 Å². The van der Waals surface area contributed by atoms with Crippen molar-refractivity contribution < 1.29 is 0 Å². The third-order valence-corrected chi connectivity index (χ3v) is 3.17. The summed E-state index contributed by atoms with van der Waals surface area (Å²) in [5.74, 6) is 0. The van der Waals surface area contributed by atoms with Gasteiger partial charge in [-0.1, -0.05) is 30.3 Å². The summed E-state index contributed by atoms with van der Waals surface area (Å²) in [6, 6.07) is 11.4. The van der Waals surface area contributed by atoms with E-state index in [0.29, 0.717) is 0 Å². The van der Waals surface area contributed by atoms with Crippen molar-refractivity contribution in [3.05, 3.63) is 58.0 Å². The lowest BCUT2D eigenvalue weighted by atomic mass is 10.1. The first-order chi connectivity index (χ1) is 8.66. The van der Waals surface area contributed by atoms with E-state index < -0.39 is 0 Å². The molecule has 0 atom stereocenters. The van der Waals surface area contributed by atoms with E-state index in [0.717, 1.165) is 28.2 Å². The van der Waals surface area contributed by atoms with Gasteiger partial charge in [0.1, 0.15) is 5.65 Å². The molecule has 4 nitrogen and oxygen atoms in total. The van der Waals surface area contributed by atoms with Crippen molar-refractivity contribution in [1.82, 2.24) is 14.6 Å². The smallest absolute Gasteiger partial charge is 0.251 e. The van der Waals surface area contributed by atoms with Crippen LogP contribution in [0.2, 0.25) is 0 Å². The highest BCUT2D eigenvalue weighted by atomic mass is 16.1. The SMILES string of the molecule is Cc1nn2c(-c3ccccc3)cc(=O)[nH]c2c1C. The minimum atomic E-state index is -0.107. The van der Waals surface area contributed by atoms with Crippen LogP contribution in [-0.4, -0.2) is 14.6 Å². The third-order valence-electron chi connectivity index (χ3n) is 3.17. The van der Waals surface area contributed by atoms with Crippen LogP contribution >= 0.6 is 0 Å². The number of fused-ring (bicyclic) bond motifs is 1. The molecule has 0 saturated carbocycles. The number of nitrogens with zero attached hydrogens (tertiary/aromatic N) is 2. The van der Waals surface area contributed by atoms with Crippen molar-refractivity contribution in [2.45, 2.75) is 13.8 Å². The molecule has 0 unspecified atom stereocenters. The summed E-state index contributed by atoms with van der Waals surface area (Å²) in [4.78, 5) is 14.6. The maximum absolute atomic E-state index is 11.7. The average molecular weight is 239 g/mol. The number of aromatic nitrogens is 3. The van der Waals surface area contributed by atoms with Crippen molar-refractivity contribution in [3.63, 3.8) is 0 Å². The molecular formula is C14H13N3O. The topological polar surface area (TPSA) is 50.2 Å². The predicted octanol–water partition coefficient (Wildman–Crippen LogP) is 2.31. The highest BCUT2D eigenvalue weighted by Gasteiger charge is 2.11. The van der Waals surface area contributed by atoms with Crippen molar-refractivity contribution in [3.8, 4) is 11.3 Å². The molecule has 4 heteroatoms. The van der Waals surface area contributed by atoms with Crippen LogP contribution in [0.4, 0.5) is 0 Å². The van der Waals surface area contributed by atoms with Crippen LogP contribution in [-0.2, 0) is 0 Å². The van der Waals surface area contributed by atoms with Gasteiger partial charge in [-0.3, -0.25) is 4.79 Å². The molecule has 18 heavy (non-hydrogen) atoms. The van der Waals surface area contributed by atoms with Gasteiger partial charge in [-0.25, -0.2) is 4.52 Å². The normalized spacial score (nSPS) is 11.0. The Balaban J connectivity index is 2.43. The zero-order valence-electron chi connectivity index (χ0n) is 10.3. The van der Waals surface area contributed by atoms with E-state index >= 15 is 0 Å². The fraction of sp³-hybridized carbons (Fsp3) is 0.143. The molecule has 3 rings (SSSR count). The average Bonchev–Trinajstić information content (AvgIpc) is 2.66. The van der Waals surface area contributed by atoms with Gasteiger partial charge in [-0.2, -0.15) is 5.10 Å². The van der Waals surface area contributed by atoms with Crippen molar-refractivity contribution in [2.75, 3.05) is 0 Å². The molecule has 90 valence electrons. The van der Waals surface area contributed by atoms with Crippen LogP contribution in [0, 0.1) is 13.8 Å². The monoisotopic (exact) mass is 239 g/mol. The maximum atomic E-state index is 11.7. The standard InChI is InChI=1S/C14H13N3O/c1-9-10(2)16-17-12(8-13(18)15-14(9)17)11-6-4-3-5-7-11/h3-8H,1-2H3,(H,15,18). The number of nitrogens with one attached hydrogen (secondary N) is 1. The highest BCUT2D eigenvalue weighted by Crippen LogP contribution is 2.20. The Bertz CT molecular complexity index is 769. The van der Waals surface area contributed by atoms with Gasteiger partial charge in [0.25, 0.3) is 5.56 Å². The second kappa shape index (κ2) is 3.84. The Morgan fingerprint density at radius 3 is 2.61 bits per heavy atom. The summed E-state index contributed by atoms with van der Waals surface area (Å²) >= 11 is 0. The number of hydrogen-bond donors (Lipinski definition) is 1. The Morgan fingerprint density at radius 1 is 1.17 bits per heavy atom. The summed E-state index contributed by atoms with van der Waals surface area (Å²) in [6.07, 6.45) is 0. The molecule has 1 aromatic carbocycles. The molecule has 0 aliphatic heterocycles.